The third-order valence-electron chi connectivity index (χ3n) is 3.15. The van der Waals surface area contributed by atoms with Crippen LogP contribution in [0.3, 0.4) is 0 Å². The van der Waals surface area contributed by atoms with Gasteiger partial charge in [-0.2, -0.15) is 5.26 Å². The highest BCUT2D eigenvalue weighted by Gasteiger charge is 2.06. The van der Waals surface area contributed by atoms with Crippen LogP contribution in [0.1, 0.15) is 11.1 Å². The molecule has 0 saturated heterocycles. The molecule has 0 fully saturated rings. The molecule has 0 atom stereocenters. The van der Waals surface area contributed by atoms with Gasteiger partial charge in [0.05, 0.1) is 25.9 Å². The van der Waals surface area contributed by atoms with E-state index < -0.39 is 0 Å². The fourth-order valence-corrected chi connectivity index (χ4v) is 2.01. The monoisotopic (exact) mass is 311 g/mol. The highest BCUT2D eigenvalue weighted by Crippen LogP contribution is 2.27. The molecule has 0 saturated carbocycles. The van der Waals surface area contributed by atoms with Crippen LogP contribution in [0.5, 0.6) is 11.5 Å². The summed E-state index contributed by atoms with van der Waals surface area (Å²) in [4.78, 5) is 11.9. The maximum atomic E-state index is 11.9. The molecule has 0 aromatic heterocycles. The van der Waals surface area contributed by atoms with E-state index in [1.807, 2.05) is 12.1 Å². The molecule has 2 aromatic rings. The van der Waals surface area contributed by atoms with Crippen molar-refractivity contribution in [3.63, 3.8) is 0 Å². The van der Waals surface area contributed by atoms with E-state index in [9.17, 15) is 4.79 Å². The second-order valence-electron chi connectivity index (χ2n) is 4.69. The Bertz CT molecular complexity index is 738. The topological polar surface area (TPSA) is 83.4 Å². The molecule has 0 aliphatic heterocycles. The number of rotatable bonds is 5. The lowest BCUT2D eigenvalue weighted by Gasteiger charge is -2.11. The van der Waals surface area contributed by atoms with E-state index >= 15 is 0 Å². The van der Waals surface area contributed by atoms with Crippen molar-refractivity contribution in [3.05, 3.63) is 53.6 Å². The molecule has 0 spiro atoms. The Balaban J connectivity index is 1.95. The smallest absolute Gasteiger partial charge is 0.319 e. The number of amides is 2. The maximum Gasteiger partial charge on any atom is 0.319 e. The number of benzene rings is 2. The lowest BCUT2D eigenvalue weighted by molar-refractivity contribution is 0.251. The standard InChI is InChI=1S/C17H17N3O3/c1-22-15-7-6-13(9-16(15)23-2)11-19-17(21)20-14-5-3-4-12(8-14)10-18/h3-9H,11H2,1-2H3,(H2,19,20,21). The van der Waals surface area contributed by atoms with E-state index in [0.29, 0.717) is 29.3 Å². The molecular weight excluding hydrogens is 294 g/mol. The molecule has 0 aliphatic rings. The summed E-state index contributed by atoms with van der Waals surface area (Å²) in [5.41, 5.74) is 1.93. The van der Waals surface area contributed by atoms with Crippen molar-refractivity contribution in [2.75, 3.05) is 19.5 Å². The van der Waals surface area contributed by atoms with Crippen LogP contribution in [0.15, 0.2) is 42.5 Å². The van der Waals surface area contributed by atoms with E-state index in [2.05, 4.69) is 10.6 Å². The molecule has 118 valence electrons. The van der Waals surface area contributed by atoms with Crippen LogP contribution in [0.2, 0.25) is 0 Å². The minimum Gasteiger partial charge on any atom is -0.493 e. The van der Waals surface area contributed by atoms with Crippen molar-refractivity contribution in [2.45, 2.75) is 6.54 Å². The van der Waals surface area contributed by atoms with Crippen molar-refractivity contribution in [1.29, 1.82) is 5.26 Å². The van der Waals surface area contributed by atoms with Gasteiger partial charge in [0.15, 0.2) is 11.5 Å². The number of hydrogen-bond acceptors (Lipinski definition) is 4. The number of nitrogens with zero attached hydrogens (tertiary/aromatic N) is 1. The number of nitriles is 1. The number of hydrogen-bond donors (Lipinski definition) is 2. The second kappa shape index (κ2) is 7.71. The summed E-state index contributed by atoms with van der Waals surface area (Å²) in [6.45, 7) is 0.337. The Labute approximate surface area is 134 Å². The summed E-state index contributed by atoms with van der Waals surface area (Å²) in [6, 6.07) is 13.8. The molecule has 0 unspecified atom stereocenters. The van der Waals surface area contributed by atoms with Gasteiger partial charge >= 0.3 is 6.03 Å². The van der Waals surface area contributed by atoms with Gasteiger partial charge in [0, 0.05) is 12.2 Å². The van der Waals surface area contributed by atoms with Crippen molar-refractivity contribution in [2.24, 2.45) is 0 Å². The third kappa shape index (κ3) is 4.38. The number of ether oxygens (including phenoxy) is 2. The number of anilines is 1. The molecule has 0 heterocycles. The summed E-state index contributed by atoms with van der Waals surface area (Å²) in [7, 11) is 3.13. The lowest BCUT2D eigenvalue weighted by Crippen LogP contribution is -2.28. The second-order valence-corrected chi connectivity index (χ2v) is 4.69. The molecule has 0 radical (unpaired) electrons. The van der Waals surface area contributed by atoms with Gasteiger partial charge in [0.25, 0.3) is 0 Å². The van der Waals surface area contributed by atoms with Gasteiger partial charge in [-0.15, -0.1) is 0 Å². The third-order valence-corrected chi connectivity index (χ3v) is 3.15. The van der Waals surface area contributed by atoms with Crippen LogP contribution in [0, 0.1) is 11.3 Å². The molecule has 2 aromatic carbocycles. The van der Waals surface area contributed by atoms with Crippen molar-refractivity contribution in [3.8, 4) is 17.6 Å². The average molecular weight is 311 g/mol. The fraction of sp³-hybridized carbons (Fsp3) is 0.176. The van der Waals surface area contributed by atoms with Gasteiger partial charge in [-0.25, -0.2) is 4.79 Å². The zero-order valence-corrected chi connectivity index (χ0v) is 12.9. The van der Waals surface area contributed by atoms with Gasteiger partial charge in [0.2, 0.25) is 0 Å². The van der Waals surface area contributed by atoms with E-state index in [4.69, 9.17) is 14.7 Å². The van der Waals surface area contributed by atoms with Crippen LogP contribution < -0.4 is 20.1 Å². The molecule has 6 heteroatoms. The Hall–Kier alpha value is -3.20. The average Bonchev–Trinajstić information content (AvgIpc) is 2.59. The minimum absolute atomic E-state index is 0.337. The predicted octanol–water partition coefficient (Wildman–Crippen LogP) is 2.90. The quantitative estimate of drug-likeness (QED) is 0.889. The minimum atomic E-state index is -0.352. The molecule has 0 bridgehead atoms. The van der Waals surface area contributed by atoms with E-state index in [1.165, 1.54) is 0 Å². The first-order chi connectivity index (χ1) is 11.2. The van der Waals surface area contributed by atoms with Crippen molar-refractivity contribution >= 4 is 11.7 Å². The summed E-state index contributed by atoms with van der Waals surface area (Å²) >= 11 is 0. The van der Waals surface area contributed by atoms with E-state index in [-0.39, 0.29) is 6.03 Å². The van der Waals surface area contributed by atoms with Crippen LogP contribution >= 0.6 is 0 Å². The first-order valence-corrected chi connectivity index (χ1v) is 6.92. The lowest BCUT2D eigenvalue weighted by atomic mass is 10.2. The van der Waals surface area contributed by atoms with Gasteiger partial charge in [-0.1, -0.05) is 12.1 Å². The SMILES string of the molecule is COc1ccc(CNC(=O)Nc2cccc(C#N)c2)cc1OC. The molecule has 6 nitrogen and oxygen atoms in total. The number of carbonyl (C=O) groups excluding carboxylic acids is 1. The normalized spacial score (nSPS) is 9.61. The Morgan fingerprint density at radius 2 is 1.91 bits per heavy atom. The zero-order valence-electron chi connectivity index (χ0n) is 12.9. The molecule has 2 rings (SSSR count). The Morgan fingerprint density at radius 1 is 1.13 bits per heavy atom. The number of carbonyl (C=O) groups is 1. The highest BCUT2D eigenvalue weighted by molar-refractivity contribution is 5.89. The summed E-state index contributed by atoms with van der Waals surface area (Å²) < 4.78 is 10.4. The fourth-order valence-electron chi connectivity index (χ4n) is 2.01. The molecular formula is C17H17N3O3. The van der Waals surface area contributed by atoms with Gasteiger partial charge < -0.3 is 20.1 Å². The Morgan fingerprint density at radius 3 is 2.61 bits per heavy atom. The number of nitrogens with one attached hydrogen (secondary N) is 2. The first-order valence-electron chi connectivity index (χ1n) is 6.92. The van der Waals surface area contributed by atoms with Crippen LogP contribution in [0.25, 0.3) is 0 Å². The van der Waals surface area contributed by atoms with Crippen LogP contribution in [0.4, 0.5) is 10.5 Å². The predicted molar refractivity (Wildman–Crippen MR) is 86.6 cm³/mol. The summed E-state index contributed by atoms with van der Waals surface area (Å²) in [5, 5.41) is 14.3. The van der Waals surface area contributed by atoms with Gasteiger partial charge in [0.1, 0.15) is 0 Å². The van der Waals surface area contributed by atoms with E-state index in [0.717, 1.165) is 5.56 Å². The first kappa shape index (κ1) is 16.2. The zero-order chi connectivity index (χ0) is 16.7. The van der Waals surface area contributed by atoms with E-state index in [1.54, 1.807) is 50.6 Å². The number of methoxy groups -OCH3 is 2. The van der Waals surface area contributed by atoms with Crippen LogP contribution in [-0.2, 0) is 6.54 Å². The van der Waals surface area contributed by atoms with Crippen molar-refractivity contribution in [1.82, 2.24) is 5.32 Å². The molecule has 2 N–H and O–H groups in total. The van der Waals surface area contributed by atoms with Crippen molar-refractivity contribution < 1.29 is 14.3 Å². The van der Waals surface area contributed by atoms with Gasteiger partial charge in [-0.3, -0.25) is 0 Å². The molecule has 2 amide bonds. The Kier molecular flexibility index (Phi) is 5.42. The summed E-state index contributed by atoms with van der Waals surface area (Å²) in [5.74, 6) is 1.24. The summed E-state index contributed by atoms with van der Waals surface area (Å²) in [6.07, 6.45) is 0. The maximum absolute atomic E-state index is 11.9. The van der Waals surface area contributed by atoms with Crippen LogP contribution in [-0.4, -0.2) is 20.3 Å². The largest absolute Gasteiger partial charge is 0.493 e. The highest BCUT2D eigenvalue weighted by atomic mass is 16.5. The van der Waals surface area contributed by atoms with Gasteiger partial charge in [-0.05, 0) is 35.9 Å². The number of urea groups is 1. The molecule has 23 heavy (non-hydrogen) atoms. The molecule has 0 aliphatic carbocycles.